The van der Waals surface area contributed by atoms with E-state index >= 15 is 0 Å². The van der Waals surface area contributed by atoms with Gasteiger partial charge in [-0.25, -0.2) is 8.42 Å². The van der Waals surface area contributed by atoms with Crippen LogP contribution in [0.25, 0.3) is 5.76 Å². The van der Waals surface area contributed by atoms with Gasteiger partial charge in [-0.2, -0.15) is 5.26 Å². The lowest BCUT2D eigenvalue weighted by atomic mass is 9.87. The monoisotopic (exact) mass is 425 g/mol. The summed E-state index contributed by atoms with van der Waals surface area (Å²) in [5, 5.41) is 9.83. The number of ether oxygens (including phenoxy) is 3. The second kappa shape index (κ2) is 7.00. The second-order valence-electron chi connectivity index (χ2n) is 6.69. The van der Waals surface area contributed by atoms with Crippen molar-refractivity contribution in [2.75, 3.05) is 25.6 Å². The minimum absolute atomic E-state index is 0.0170. The van der Waals surface area contributed by atoms with Gasteiger partial charge >= 0.3 is 0 Å². The fourth-order valence-corrected chi connectivity index (χ4v) is 5.49. The van der Waals surface area contributed by atoms with Crippen molar-refractivity contribution in [3.63, 3.8) is 0 Å². The topological polar surface area (TPSA) is 115 Å². The smallest absolute Gasteiger partial charge is 0.264 e. The molecule has 2 aromatic rings. The van der Waals surface area contributed by atoms with Crippen molar-refractivity contribution in [3.05, 3.63) is 70.0 Å². The van der Waals surface area contributed by atoms with Gasteiger partial charge in [-0.3, -0.25) is 4.31 Å². The summed E-state index contributed by atoms with van der Waals surface area (Å²) in [5.74, 6) is -0.349. The summed E-state index contributed by atoms with van der Waals surface area (Å²) < 4.78 is 44.9. The number of benzene rings is 2. The summed E-state index contributed by atoms with van der Waals surface area (Å²) in [4.78, 5) is -0.0685. The van der Waals surface area contributed by atoms with E-state index in [0.29, 0.717) is 28.3 Å². The maximum Gasteiger partial charge on any atom is 0.264 e. The first-order valence-corrected chi connectivity index (χ1v) is 10.4. The molecule has 2 aliphatic rings. The maximum absolute atomic E-state index is 13.6. The Morgan fingerprint density at radius 2 is 1.87 bits per heavy atom. The lowest BCUT2D eigenvalue weighted by molar-refractivity contribution is 0.345. The molecule has 0 saturated carbocycles. The van der Waals surface area contributed by atoms with Gasteiger partial charge in [-0.05, 0) is 18.2 Å². The highest BCUT2D eigenvalue weighted by molar-refractivity contribution is 7.96. The molecular formula is C21H19N3O5S. The Kier molecular flexibility index (Phi) is 4.59. The van der Waals surface area contributed by atoms with Crippen molar-refractivity contribution in [1.29, 1.82) is 5.26 Å². The second-order valence-corrected chi connectivity index (χ2v) is 8.63. The van der Waals surface area contributed by atoms with Crippen LogP contribution in [0.3, 0.4) is 0 Å². The molecule has 2 aromatic carbocycles. The van der Waals surface area contributed by atoms with Crippen LogP contribution in [-0.4, -0.2) is 29.7 Å². The maximum atomic E-state index is 13.6. The molecule has 0 amide bonds. The van der Waals surface area contributed by atoms with Gasteiger partial charge in [-0.15, -0.1) is 0 Å². The van der Waals surface area contributed by atoms with Crippen LogP contribution >= 0.6 is 0 Å². The fraction of sp³-hybridized carbons (Fsp3) is 0.190. The van der Waals surface area contributed by atoms with Crippen LogP contribution in [0.5, 0.6) is 11.5 Å². The third-order valence-corrected chi connectivity index (χ3v) is 7.14. The number of sulfonamides is 1. The predicted octanol–water partition coefficient (Wildman–Crippen LogP) is 2.66. The van der Waals surface area contributed by atoms with E-state index in [1.165, 1.54) is 25.6 Å². The molecule has 9 heteroatoms. The predicted molar refractivity (Wildman–Crippen MR) is 111 cm³/mol. The number of methoxy groups -OCH3 is 2. The average molecular weight is 425 g/mol. The molecule has 4 rings (SSSR count). The summed E-state index contributed by atoms with van der Waals surface area (Å²) in [6.45, 7) is 0. The Bertz CT molecular complexity index is 1260. The Morgan fingerprint density at radius 3 is 2.53 bits per heavy atom. The lowest BCUT2D eigenvalue weighted by Crippen LogP contribution is -2.37. The number of hydrogen-bond donors (Lipinski definition) is 1. The van der Waals surface area contributed by atoms with Crippen LogP contribution in [0.15, 0.2) is 58.8 Å². The Balaban J connectivity index is 2.11. The van der Waals surface area contributed by atoms with Crippen LogP contribution in [0.4, 0.5) is 5.69 Å². The summed E-state index contributed by atoms with van der Waals surface area (Å²) >= 11 is 0. The molecule has 0 radical (unpaired) electrons. The summed E-state index contributed by atoms with van der Waals surface area (Å²) in [6.07, 6.45) is 0. The number of hydrogen-bond acceptors (Lipinski definition) is 7. The average Bonchev–Trinajstić information content (AvgIpc) is 2.76. The number of allylic oxidation sites excluding steroid dienone is 2. The van der Waals surface area contributed by atoms with Gasteiger partial charge in [0.05, 0.1) is 25.8 Å². The molecule has 154 valence electrons. The molecule has 0 spiro atoms. The molecule has 0 fully saturated rings. The van der Waals surface area contributed by atoms with Crippen LogP contribution in [0.2, 0.25) is 0 Å². The quantitative estimate of drug-likeness (QED) is 0.804. The Hall–Kier alpha value is -3.64. The number of nitriles is 1. The molecule has 2 aliphatic heterocycles. The number of rotatable bonds is 3. The molecule has 0 aromatic heterocycles. The molecule has 0 saturated heterocycles. The van der Waals surface area contributed by atoms with E-state index in [1.807, 2.05) is 6.07 Å². The largest absolute Gasteiger partial charge is 0.493 e. The van der Waals surface area contributed by atoms with Gasteiger partial charge in [0.15, 0.2) is 17.3 Å². The molecule has 2 N–H and O–H groups in total. The Morgan fingerprint density at radius 1 is 1.13 bits per heavy atom. The van der Waals surface area contributed by atoms with Crippen molar-refractivity contribution in [3.8, 4) is 17.6 Å². The molecule has 30 heavy (non-hydrogen) atoms. The molecule has 0 bridgehead atoms. The molecule has 0 aliphatic carbocycles. The molecule has 2 heterocycles. The normalized spacial score (nSPS) is 19.4. The van der Waals surface area contributed by atoms with Gasteiger partial charge in [0.1, 0.15) is 16.5 Å². The van der Waals surface area contributed by atoms with Gasteiger partial charge in [0.2, 0.25) is 5.88 Å². The van der Waals surface area contributed by atoms with Crippen molar-refractivity contribution in [2.24, 2.45) is 5.73 Å². The van der Waals surface area contributed by atoms with Crippen LogP contribution < -0.4 is 19.5 Å². The van der Waals surface area contributed by atoms with Crippen molar-refractivity contribution >= 4 is 21.5 Å². The highest BCUT2D eigenvalue weighted by atomic mass is 32.2. The third-order valence-electron chi connectivity index (χ3n) is 5.24. The van der Waals surface area contributed by atoms with E-state index < -0.39 is 15.9 Å². The van der Waals surface area contributed by atoms with Gasteiger partial charge in [0.25, 0.3) is 10.0 Å². The molecule has 1 atom stereocenters. The van der Waals surface area contributed by atoms with Gasteiger partial charge in [-0.1, -0.05) is 24.3 Å². The minimum atomic E-state index is -4.03. The van der Waals surface area contributed by atoms with E-state index in [4.69, 9.17) is 19.9 Å². The number of fused-ring (bicyclic) bond motifs is 2. The van der Waals surface area contributed by atoms with Crippen LogP contribution in [-0.2, 0) is 14.8 Å². The van der Waals surface area contributed by atoms with E-state index in [9.17, 15) is 13.7 Å². The highest BCUT2D eigenvalue weighted by Gasteiger charge is 2.47. The first-order chi connectivity index (χ1) is 14.4. The first kappa shape index (κ1) is 19.7. The van der Waals surface area contributed by atoms with E-state index in [2.05, 4.69) is 0 Å². The SMILES string of the molecule is COc1cccc(C2C(C#N)=C(N)OC3=C2S(=O)(=O)N(C)c2ccccc23)c1OC. The van der Waals surface area contributed by atoms with E-state index in [-0.39, 0.29) is 22.1 Å². The van der Waals surface area contributed by atoms with Gasteiger partial charge < -0.3 is 19.9 Å². The standard InChI is InChI=1S/C21H19N3O5S/c1-24-15-9-5-4-7-12(15)19-20(30(24,25)26)17(14(11-22)21(23)29-19)13-8-6-10-16(27-2)18(13)28-3/h4-10,17H,23H2,1-3H3. The van der Waals surface area contributed by atoms with Gasteiger partial charge in [0, 0.05) is 18.2 Å². The zero-order valence-corrected chi connectivity index (χ0v) is 17.4. The number of para-hydroxylation sites is 2. The van der Waals surface area contributed by atoms with Crippen molar-refractivity contribution < 1.29 is 22.6 Å². The number of nitrogens with two attached hydrogens (primary N) is 1. The molecule has 1 unspecified atom stereocenters. The summed E-state index contributed by atoms with van der Waals surface area (Å²) in [5.41, 5.74) is 7.53. The van der Waals surface area contributed by atoms with E-state index in [1.54, 1.807) is 42.5 Å². The zero-order valence-electron chi connectivity index (χ0n) is 16.5. The lowest BCUT2D eigenvalue weighted by Gasteiger charge is -2.36. The van der Waals surface area contributed by atoms with Crippen molar-refractivity contribution in [1.82, 2.24) is 0 Å². The Labute approximate surface area is 174 Å². The first-order valence-electron chi connectivity index (χ1n) is 8.97. The number of anilines is 1. The van der Waals surface area contributed by atoms with Crippen molar-refractivity contribution in [2.45, 2.75) is 5.92 Å². The summed E-state index contributed by atoms with van der Waals surface area (Å²) in [6, 6.07) is 14.0. The number of nitrogens with zero attached hydrogens (tertiary/aromatic N) is 2. The van der Waals surface area contributed by atoms with E-state index in [0.717, 1.165) is 0 Å². The fourth-order valence-electron chi connectivity index (χ4n) is 3.85. The third kappa shape index (κ3) is 2.61. The highest BCUT2D eigenvalue weighted by Crippen LogP contribution is 2.52. The van der Waals surface area contributed by atoms with Crippen LogP contribution in [0, 0.1) is 11.3 Å². The van der Waals surface area contributed by atoms with Crippen LogP contribution in [0.1, 0.15) is 17.0 Å². The zero-order chi connectivity index (χ0) is 21.6. The summed E-state index contributed by atoms with van der Waals surface area (Å²) in [7, 11) is 0.360. The minimum Gasteiger partial charge on any atom is -0.493 e. The molecular weight excluding hydrogens is 406 g/mol. The molecule has 8 nitrogen and oxygen atoms in total.